The molecule has 3 aromatic rings. The minimum atomic E-state index is 0.0121. The summed E-state index contributed by atoms with van der Waals surface area (Å²) >= 11 is 7.60. The zero-order valence-corrected chi connectivity index (χ0v) is 13.0. The Kier molecular flexibility index (Phi) is 3.40. The largest absolute Gasteiger partial charge is 0.464 e. The van der Waals surface area contributed by atoms with E-state index in [1.165, 1.54) is 4.88 Å². The van der Waals surface area contributed by atoms with E-state index in [1.807, 2.05) is 32.9 Å². The van der Waals surface area contributed by atoms with E-state index in [9.17, 15) is 0 Å². The number of furan rings is 1. The summed E-state index contributed by atoms with van der Waals surface area (Å²) in [7, 11) is 0. The van der Waals surface area contributed by atoms with Gasteiger partial charge in [0.1, 0.15) is 22.2 Å². The summed E-state index contributed by atoms with van der Waals surface area (Å²) in [4.78, 5) is 10.6. The molecule has 0 aliphatic carbocycles. The predicted molar refractivity (Wildman–Crippen MR) is 82.6 cm³/mol. The van der Waals surface area contributed by atoms with E-state index in [-0.39, 0.29) is 11.3 Å². The maximum Gasteiger partial charge on any atom is 0.225 e. The number of hydrogen-bond acceptors (Lipinski definition) is 5. The van der Waals surface area contributed by atoms with Crippen molar-refractivity contribution in [1.29, 1.82) is 0 Å². The van der Waals surface area contributed by atoms with Crippen LogP contribution >= 0.6 is 22.9 Å². The van der Waals surface area contributed by atoms with Gasteiger partial charge in [0.2, 0.25) is 5.28 Å². The molecule has 1 N–H and O–H groups in total. The van der Waals surface area contributed by atoms with Gasteiger partial charge in [-0.25, -0.2) is 9.97 Å². The lowest BCUT2D eigenvalue weighted by Crippen LogP contribution is -2.07. The Labute approximate surface area is 125 Å². The van der Waals surface area contributed by atoms with Crippen LogP contribution in [0.15, 0.2) is 22.6 Å². The molecule has 0 aliphatic rings. The molecule has 0 amide bonds. The molecule has 104 valence electrons. The number of rotatable bonds is 3. The number of thiophene rings is 1. The second kappa shape index (κ2) is 5.07. The molecule has 0 saturated carbocycles. The first-order chi connectivity index (χ1) is 9.52. The zero-order valence-electron chi connectivity index (χ0n) is 11.4. The second-order valence-electron chi connectivity index (χ2n) is 4.73. The van der Waals surface area contributed by atoms with Crippen LogP contribution in [0.2, 0.25) is 5.28 Å². The van der Waals surface area contributed by atoms with Gasteiger partial charge in [0.25, 0.3) is 0 Å². The lowest BCUT2D eigenvalue weighted by molar-refractivity contribution is 0.466. The quantitative estimate of drug-likeness (QED) is 0.711. The number of anilines is 1. The molecule has 0 fully saturated rings. The summed E-state index contributed by atoms with van der Waals surface area (Å²) in [6, 6.07) is 5.99. The van der Waals surface area contributed by atoms with E-state index in [4.69, 9.17) is 16.0 Å². The normalized spacial score (nSPS) is 12.8. The Balaban J connectivity index is 1.97. The van der Waals surface area contributed by atoms with Crippen molar-refractivity contribution in [2.24, 2.45) is 0 Å². The highest BCUT2D eigenvalue weighted by atomic mass is 35.5. The van der Waals surface area contributed by atoms with E-state index in [2.05, 4.69) is 21.4 Å². The average molecular weight is 308 g/mol. The monoisotopic (exact) mass is 307 g/mol. The van der Waals surface area contributed by atoms with Crippen molar-refractivity contribution < 1.29 is 4.42 Å². The fourth-order valence-electron chi connectivity index (χ4n) is 2.09. The molecule has 0 saturated heterocycles. The topological polar surface area (TPSA) is 51.0 Å². The first-order valence-electron chi connectivity index (χ1n) is 6.29. The van der Waals surface area contributed by atoms with Gasteiger partial charge in [0, 0.05) is 4.88 Å². The smallest absolute Gasteiger partial charge is 0.225 e. The average Bonchev–Trinajstić information content (AvgIpc) is 2.94. The molecule has 4 nitrogen and oxygen atoms in total. The van der Waals surface area contributed by atoms with Crippen LogP contribution in [0, 0.1) is 13.8 Å². The van der Waals surface area contributed by atoms with Gasteiger partial charge < -0.3 is 9.73 Å². The molecule has 3 rings (SSSR count). The third-order valence-corrected chi connectivity index (χ3v) is 4.14. The maximum atomic E-state index is 5.99. The maximum absolute atomic E-state index is 5.99. The van der Waals surface area contributed by atoms with Crippen LogP contribution in [-0.4, -0.2) is 9.97 Å². The van der Waals surface area contributed by atoms with Gasteiger partial charge in [-0.2, -0.15) is 0 Å². The standard InChI is InChI=1S/C14H14ClN3OS/c1-7-4-5-11(19-7)9(3)16-12-10-6-8(2)20-13(10)18-14(15)17-12/h4-6,9H,1-3H3,(H,16,17,18). The van der Waals surface area contributed by atoms with Crippen molar-refractivity contribution in [1.82, 2.24) is 9.97 Å². The summed E-state index contributed by atoms with van der Waals surface area (Å²) in [6.45, 7) is 6.00. The molecule has 3 aromatic heterocycles. The van der Waals surface area contributed by atoms with E-state index in [1.54, 1.807) is 11.3 Å². The molecule has 0 radical (unpaired) electrons. The van der Waals surface area contributed by atoms with Crippen LogP contribution in [0.1, 0.15) is 29.4 Å². The molecule has 0 bridgehead atoms. The van der Waals surface area contributed by atoms with Gasteiger partial charge >= 0.3 is 0 Å². The Bertz CT molecular complexity index is 765. The van der Waals surface area contributed by atoms with Gasteiger partial charge in [0.05, 0.1) is 11.4 Å². The van der Waals surface area contributed by atoms with Gasteiger partial charge in [-0.3, -0.25) is 0 Å². The second-order valence-corrected chi connectivity index (χ2v) is 6.30. The van der Waals surface area contributed by atoms with Crippen LogP contribution in [0.5, 0.6) is 0 Å². The van der Waals surface area contributed by atoms with Gasteiger partial charge in [-0.1, -0.05) is 0 Å². The van der Waals surface area contributed by atoms with E-state index < -0.39 is 0 Å². The van der Waals surface area contributed by atoms with Crippen molar-refractivity contribution in [3.05, 3.63) is 39.9 Å². The van der Waals surface area contributed by atoms with Crippen molar-refractivity contribution in [2.45, 2.75) is 26.8 Å². The Morgan fingerprint density at radius 2 is 2.10 bits per heavy atom. The number of aryl methyl sites for hydroxylation is 2. The fraction of sp³-hybridized carbons (Fsp3) is 0.286. The van der Waals surface area contributed by atoms with Crippen LogP contribution in [0.25, 0.3) is 10.2 Å². The SMILES string of the molecule is Cc1ccc(C(C)Nc2nc(Cl)nc3sc(C)cc23)o1. The summed E-state index contributed by atoms with van der Waals surface area (Å²) in [5, 5.41) is 4.59. The minimum Gasteiger partial charge on any atom is -0.464 e. The lowest BCUT2D eigenvalue weighted by Gasteiger charge is -2.13. The molecule has 6 heteroatoms. The first-order valence-corrected chi connectivity index (χ1v) is 7.49. The van der Waals surface area contributed by atoms with Crippen molar-refractivity contribution in [3.8, 4) is 0 Å². The highest BCUT2D eigenvalue weighted by Crippen LogP contribution is 2.31. The molecule has 0 aromatic carbocycles. The zero-order chi connectivity index (χ0) is 14.3. The number of fused-ring (bicyclic) bond motifs is 1. The molecule has 1 atom stereocenters. The van der Waals surface area contributed by atoms with Gasteiger partial charge in [-0.15, -0.1) is 11.3 Å². The van der Waals surface area contributed by atoms with Crippen LogP contribution < -0.4 is 5.32 Å². The lowest BCUT2D eigenvalue weighted by atomic mass is 10.2. The summed E-state index contributed by atoms with van der Waals surface area (Å²) in [5.41, 5.74) is 0. The number of nitrogens with zero attached hydrogens (tertiary/aromatic N) is 2. The first kappa shape index (κ1) is 13.4. The fourth-order valence-corrected chi connectivity index (χ4v) is 3.19. The molecular formula is C14H14ClN3OS. The summed E-state index contributed by atoms with van der Waals surface area (Å²) in [6.07, 6.45) is 0. The minimum absolute atomic E-state index is 0.0121. The van der Waals surface area contributed by atoms with Gasteiger partial charge in [-0.05, 0) is 50.6 Å². The van der Waals surface area contributed by atoms with Crippen molar-refractivity contribution in [3.63, 3.8) is 0 Å². The Morgan fingerprint density at radius 3 is 2.80 bits per heavy atom. The van der Waals surface area contributed by atoms with Crippen molar-refractivity contribution >= 4 is 39.0 Å². The molecule has 20 heavy (non-hydrogen) atoms. The molecule has 1 unspecified atom stereocenters. The van der Waals surface area contributed by atoms with E-state index >= 15 is 0 Å². The van der Waals surface area contributed by atoms with Crippen molar-refractivity contribution in [2.75, 3.05) is 5.32 Å². The van der Waals surface area contributed by atoms with Crippen LogP contribution in [0.3, 0.4) is 0 Å². The third-order valence-electron chi connectivity index (χ3n) is 3.03. The molecular weight excluding hydrogens is 294 g/mol. The predicted octanol–water partition coefficient (Wildman–Crippen LogP) is 4.73. The highest BCUT2D eigenvalue weighted by molar-refractivity contribution is 7.18. The summed E-state index contributed by atoms with van der Waals surface area (Å²) in [5.74, 6) is 2.51. The van der Waals surface area contributed by atoms with Gasteiger partial charge in [0.15, 0.2) is 0 Å². The molecule has 0 spiro atoms. The van der Waals surface area contributed by atoms with Crippen LogP contribution in [-0.2, 0) is 0 Å². The Hall–Kier alpha value is -1.59. The number of halogens is 1. The van der Waals surface area contributed by atoms with Crippen LogP contribution in [0.4, 0.5) is 5.82 Å². The third kappa shape index (κ3) is 2.51. The number of hydrogen-bond donors (Lipinski definition) is 1. The number of nitrogens with one attached hydrogen (secondary N) is 1. The summed E-state index contributed by atoms with van der Waals surface area (Å²) < 4.78 is 5.63. The van der Waals surface area contributed by atoms with E-state index in [0.29, 0.717) is 0 Å². The Morgan fingerprint density at radius 1 is 1.30 bits per heavy atom. The number of aromatic nitrogens is 2. The highest BCUT2D eigenvalue weighted by Gasteiger charge is 2.14. The van der Waals surface area contributed by atoms with E-state index in [0.717, 1.165) is 27.6 Å². The molecule has 0 aliphatic heterocycles. The molecule has 3 heterocycles.